The van der Waals surface area contributed by atoms with E-state index in [1.54, 1.807) is 11.3 Å². The monoisotopic (exact) mass is 329 g/mol. The zero-order valence-corrected chi connectivity index (χ0v) is 14.3. The molecule has 23 heavy (non-hydrogen) atoms. The lowest BCUT2D eigenvalue weighted by molar-refractivity contribution is -0.120. The quantitative estimate of drug-likeness (QED) is 0.857. The summed E-state index contributed by atoms with van der Waals surface area (Å²) in [6.45, 7) is 3.93. The van der Waals surface area contributed by atoms with Gasteiger partial charge in [0.05, 0.1) is 12.1 Å². The van der Waals surface area contributed by atoms with E-state index >= 15 is 0 Å². The first-order chi connectivity index (χ1) is 11.2. The van der Waals surface area contributed by atoms with Crippen LogP contribution in [0.3, 0.4) is 0 Å². The molecule has 1 fully saturated rings. The topological polar surface area (TPSA) is 54.0 Å². The van der Waals surface area contributed by atoms with Gasteiger partial charge in [-0.05, 0) is 31.4 Å². The minimum atomic E-state index is 0.0527. The molecular weight excluding hydrogens is 306 g/mol. The molecule has 0 saturated carbocycles. The molecular formula is C18H23N3OS. The van der Waals surface area contributed by atoms with E-state index in [1.807, 2.05) is 5.38 Å². The Kier molecular flexibility index (Phi) is 5.41. The summed E-state index contributed by atoms with van der Waals surface area (Å²) in [6, 6.07) is 8.91. The Morgan fingerprint density at radius 3 is 2.91 bits per heavy atom. The van der Waals surface area contributed by atoms with Crippen LogP contribution < -0.4 is 10.6 Å². The molecule has 0 radical (unpaired) electrons. The van der Waals surface area contributed by atoms with Gasteiger partial charge in [0.15, 0.2) is 0 Å². The number of aromatic nitrogens is 1. The average molecular weight is 329 g/mol. The van der Waals surface area contributed by atoms with Crippen molar-refractivity contribution in [1.82, 2.24) is 15.6 Å². The summed E-state index contributed by atoms with van der Waals surface area (Å²) in [5.74, 6) is 0.0527. The molecule has 1 aromatic heterocycles. The summed E-state index contributed by atoms with van der Waals surface area (Å²) in [7, 11) is 0. The first kappa shape index (κ1) is 16.1. The fourth-order valence-corrected chi connectivity index (χ4v) is 3.62. The van der Waals surface area contributed by atoms with Crippen molar-refractivity contribution < 1.29 is 4.79 Å². The van der Waals surface area contributed by atoms with E-state index in [0.717, 1.165) is 35.7 Å². The third kappa shape index (κ3) is 4.39. The molecule has 122 valence electrons. The van der Waals surface area contributed by atoms with E-state index < -0.39 is 0 Å². The second kappa shape index (κ2) is 7.70. The molecule has 5 heteroatoms. The van der Waals surface area contributed by atoms with Gasteiger partial charge in [0.25, 0.3) is 0 Å². The van der Waals surface area contributed by atoms with Crippen LogP contribution in [0.4, 0.5) is 0 Å². The van der Waals surface area contributed by atoms with Gasteiger partial charge < -0.3 is 10.6 Å². The van der Waals surface area contributed by atoms with Crippen LogP contribution in [0, 0.1) is 0 Å². The van der Waals surface area contributed by atoms with E-state index in [2.05, 4.69) is 46.8 Å². The van der Waals surface area contributed by atoms with Crippen LogP contribution in [0.2, 0.25) is 0 Å². The summed E-state index contributed by atoms with van der Waals surface area (Å²) >= 11 is 1.60. The highest BCUT2D eigenvalue weighted by atomic mass is 32.1. The molecule has 2 N–H and O–H groups in total. The van der Waals surface area contributed by atoms with Crippen molar-refractivity contribution in [3.8, 4) is 10.6 Å². The average Bonchev–Trinajstić information content (AvgIpc) is 3.25. The number of aryl methyl sites for hydroxylation is 1. The summed E-state index contributed by atoms with van der Waals surface area (Å²) in [5, 5.41) is 9.34. The molecule has 1 unspecified atom stereocenters. The number of carbonyl (C=O) groups is 1. The van der Waals surface area contributed by atoms with Gasteiger partial charge >= 0.3 is 0 Å². The van der Waals surface area contributed by atoms with Gasteiger partial charge in [-0.1, -0.05) is 31.2 Å². The zero-order chi connectivity index (χ0) is 16.1. The number of benzene rings is 1. The van der Waals surface area contributed by atoms with E-state index in [0.29, 0.717) is 19.0 Å². The summed E-state index contributed by atoms with van der Waals surface area (Å²) in [5.41, 5.74) is 3.29. The standard InChI is InChI=1S/C18H23N3OS/c1-2-13-5-7-14(8-6-13)18-21-16(12-23-18)10-17(22)20-11-15-4-3-9-19-15/h5-8,12,15,19H,2-4,9-11H2,1H3,(H,20,22). The van der Waals surface area contributed by atoms with Crippen molar-refractivity contribution in [2.45, 2.75) is 38.6 Å². The molecule has 1 atom stereocenters. The molecule has 1 aromatic carbocycles. The van der Waals surface area contributed by atoms with E-state index in [1.165, 1.54) is 12.0 Å². The molecule has 0 spiro atoms. The minimum absolute atomic E-state index is 0.0527. The lowest BCUT2D eigenvalue weighted by Crippen LogP contribution is -2.37. The predicted octanol–water partition coefficient (Wildman–Crippen LogP) is 2.78. The normalized spacial score (nSPS) is 17.3. The smallest absolute Gasteiger partial charge is 0.226 e. The van der Waals surface area contributed by atoms with Gasteiger partial charge in [-0.25, -0.2) is 4.98 Å². The largest absolute Gasteiger partial charge is 0.354 e. The van der Waals surface area contributed by atoms with Crippen molar-refractivity contribution in [3.63, 3.8) is 0 Å². The maximum Gasteiger partial charge on any atom is 0.226 e. The number of hydrogen-bond acceptors (Lipinski definition) is 4. The second-order valence-electron chi connectivity index (χ2n) is 5.97. The van der Waals surface area contributed by atoms with Gasteiger partial charge in [0, 0.05) is 23.5 Å². The number of amides is 1. The van der Waals surface area contributed by atoms with Crippen molar-refractivity contribution >= 4 is 17.2 Å². The number of thiazole rings is 1. The molecule has 1 aliphatic rings. The lowest BCUT2D eigenvalue weighted by atomic mass is 10.1. The number of nitrogens with one attached hydrogen (secondary N) is 2. The SMILES string of the molecule is CCc1ccc(-c2nc(CC(=O)NCC3CCCN3)cs2)cc1. The van der Waals surface area contributed by atoms with E-state index in [9.17, 15) is 4.79 Å². The number of rotatable bonds is 6. The van der Waals surface area contributed by atoms with Gasteiger partial charge in [0.1, 0.15) is 5.01 Å². The van der Waals surface area contributed by atoms with E-state index in [-0.39, 0.29) is 5.91 Å². The van der Waals surface area contributed by atoms with Crippen molar-refractivity contribution in [3.05, 3.63) is 40.9 Å². The molecule has 4 nitrogen and oxygen atoms in total. The fourth-order valence-electron chi connectivity index (χ4n) is 2.80. The highest BCUT2D eigenvalue weighted by Crippen LogP contribution is 2.24. The summed E-state index contributed by atoms with van der Waals surface area (Å²) in [4.78, 5) is 16.6. The number of nitrogens with zero attached hydrogens (tertiary/aromatic N) is 1. The number of carbonyl (C=O) groups excluding carboxylic acids is 1. The number of hydrogen-bond donors (Lipinski definition) is 2. The fraction of sp³-hybridized carbons (Fsp3) is 0.444. The Balaban J connectivity index is 1.54. The Morgan fingerprint density at radius 2 is 2.22 bits per heavy atom. The molecule has 2 heterocycles. The highest BCUT2D eigenvalue weighted by molar-refractivity contribution is 7.13. The van der Waals surface area contributed by atoms with E-state index in [4.69, 9.17) is 0 Å². The van der Waals surface area contributed by atoms with Crippen molar-refractivity contribution in [1.29, 1.82) is 0 Å². The van der Waals surface area contributed by atoms with Gasteiger partial charge in [-0.15, -0.1) is 11.3 Å². The van der Waals surface area contributed by atoms with Crippen LogP contribution in [0.1, 0.15) is 31.0 Å². The van der Waals surface area contributed by atoms with Gasteiger partial charge in [-0.3, -0.25) is 4.79 Å². The first-order valence-electron chi connectivity index (χ1n) is 8.28. The molecule has 1 aliphatic heterocycles. The van der Waals surface area contributed by atoms with Crippen LogP contribution in [0.25, 0.3) is 10.6 Å². The molecule has 3 rings (SSSR count). The summed E-state index contributed by atoms with van der Waals surface area (Å²) < 4.78 is 0. The third-order valence-corrected chi connectivity index (χ3v) is 5.15. The second-order valence-corrected chi connectivity index (χ2v) is 6.83. The Labute approximate surface area is 141 Å². The van der Waals surface area contributed by atoms with Crippen LogP contribution in [0.15, 0.2) is 29.6 Å². The highest BCUT2D eigenvalue weighted by Gasteiger charge is 2.15. The predicted molar refractivity (Wildman–Crippen MR) is 94.7 cm³/mol. The molecule has 0 aliphatic carbocycles. The Bertz CT molecular complexity index is 645. The van der Waals surface area contributed by atoms with Crippen molar-refractivity contribution in [2.24, 2.45) is 0 Å². The van der Waals surface area contributed by atoms with Gasteiger partial charge in [-0.2, -0.15) is 0 Å². The lowest BCUT2D eigenvalue weighted by Gasteiger charge is -2.10. The maximum atomic E-state index is 12.0. The Hall–Kier alpha value is -1.72. The van der Waals surface area contributed by atoms with Crippen LogP contribution in [-0.4, -0.2) is 30.0 Å². The molecule has 0 bridgehead atoms. The maximum absolute atomic E-state index is 12.0. The van der Waals surface area contributed by atoms with Crippen molar-refractivity contribution in [2.75, 3.05) is 13.1 Å². The van der Waals surface area contributed by atoms with Crippen LogP contribution >= 0.6 is 11.3 Å². The summed E-state index contributed by atoms with van der Waals surface area (Å²) in [6.07, 6.45) is 3.75. The third-order valence-electron chi connectivity index (χ3n) is 4.21. The van der Waals surface area contributed by atoms with Gasteiger partial charge in [0.2, 0.25) is 5.91 Å². The Morgan fingerprint density at radius 1 is 1.39 bits per heavy atom. The zero-order valence-electron chi connectivity index (χ0n) is 13.5. The molecule has 1 amide bonds. The first-order valence-corrected chi connectivity index (χ1v) is 9.16. The molecule has 1 saturated heterocycles. The minimum Gasteiger partial charge on any atom is -0.354 e. The van der Waals surface area contributed by atoms with Crippen LogP contribution in [0.5, 0.6) is 0 Å². The van der Waals surface area contributed by atoms with Crippen LogP contribution in [-0.2, 0) is 17.6 Å². The molecule has 2 aromatic rings.